The van der Waals surface area contributed by atoms with Gasteiger partial charge in [0, 0.05) is 12.2 Å². The molecule has 0 unspecified atom stereocenters. The topological polar surface area (TPSA) is 69.6 Å². The van der Waals surface area contributed by atoms with E-state index in [0.717, 1.165) is 24.2 Å². The van der Waals surface area contributed by atoms with Gasteiger partial charge in [-0.15, -0.1) is 0 Å². The Balaban J connectivity index is 1.33. The standard InChI is InChI=1S/C28H29N5O2S/c34-36(35,24-9-3-1-4-10-24)33-21-32(27-28(33)30-26-12-6-5-11-25(26)29-27)23-15-13-22(14-16-23)17-20-31-18-7-2-8-19-31/h1,3-6,9-16H,2,7-8,17-21H2. The molecule has 36 heavy (non-hydrogen) atoms. The largest absolute Gasteiger partial charge is 0.304 e. The van der Waals surface area contributed by atoms with Crippen LogP contribution in [-0.2, 0) is 16.4 Å². The molecule has 1 aromatic heterocycles. The molecular weight excluding hydrogens is 470 g/mol. The van der Waals surface area contributed by atoms with Crippen LogP contribution in [0.5, 0.6) is 0 Å². The molecule has 1 saturated heterocycles. The Morgan fingerprint density at radius 3 is 2.06 bits per heavy atom. The number of para-hydroxylation sites is 2. The average molecular weight is 500 g/mol. The van der Waals surface area contributed by atoms with Gasteiger partial charge in [0.05, 0.1) is 15.9 Å². The fourth-order valence-corrected chi connectivity index (χ4v) is 6.39. The van der Waals surface area contributed by atoms with E-state index in [1.807, 2.05) is 35.2 Å². The van der Waals surface area contributed by atoms with Gasteiger partial charge in [-0.05, 0) is 74.3 Å². The predicted molar refractivity (Wildman–Crippen MR) is 143 cm³/mol. The van der Waals surface area contributed by atoms with Gasteiger partial charge in [-0.3, -0.25) is 0 Å². The molecule has 2 aliphatic heterocycles. The minimum absolute atomic E-state index is 0.121. The minimum Gasteiger partial charge on any atom is -0.304 e. The molecule has 3 aromatic carbocycles. The number of hydrogen-bond acceptors (Lipinski definition) is 6. The maximum atomic E-state index is 13.6. The van der Waals surface area contributed by atoms with E-state index in [4.69, 9.17) is 9.97 Å². The Labute approximate surface area is 212 Å². The van der Waals surface area contributed by atoms with Crippen LogP contribution in [0, 0.1) is 0 Å². The lowest BCUT2D eigenvalue weighted by Gasteiger charge is -2.26. The summed E-state index contributed by atoms with van der Waals surface area (Å²) in [6.07, 6.45) is 4.95. The van der Waals surface area contributed by atoms with Crippen LogP contribution in [0.4, 0.5) is 17.3 Å². The monoisotopic (exact) mass is 499 g/mol. The van der Waals surface area contributed by atoms with Crippen LogP contribution in [0.25, 0.3) is 11.0 Å². The maximum Gasteiger partial charge on any atom is 0.267 e. The zero-order valence-corrected chi connectivity index (χ0v) is 20.9. The summed E-state index contributed by atoms with van der Waals surface area (Å²) in [4.78, 5) is 14.3. The van der Waals surface area contributed by atoms with Gasteiger partial charge in [0.25, 0.3) is 10.0 Å². The molecule has 0 spiro atoms. The lowest BCUT2D eigenvalue weighted by molar-refractivity contribution is 0.231. The van der Waals surface area contributed by atoms with Crippen molar-refractivity contribution in [3.05, 3.63) is 84.4 Å². The van der Waals surface area contributed by atoms with Gasteiger partial charge >= 0.3 is 0 Å². The highest BCUT2D eigenvalue weighted by Gasteiger charge is 2.38. The van der Waals surface area contributed by atoms with E-state index >= 15 is 0 Å². The number of fused-ring (bicyclic) bond motifs is 2. The predicted octanol–water partition coefficient (Wildman–Crippen LogP) is 4.96. The van der Waals surface area contributed by atoms with Gasteiger partial charge in [-0.25, -0.2) is 22.7 Å². The van der Waals surface area contributed by atoms with E-state index in [2.05, 4.69) is 29.2 Å². The molecule has 1 fully saturated rings. The van der Waals surface area contributed by atoms with Crippen LogP contribution in [0.2, 0.25) is 0 Å². The normalized spacial score (nSPS) is 16.4. The van der Waals surface area contributed by atoms with Gasteiger partial charge in [-0.1, -0.05) is 48.9 Å². The van der Waals surface area contributed by atoms with E-state index < -0.39 is 10.0 Å². The summed E-state index contributed by atoms with van der Waals surface area (Å²) in [6.45, 7) is 3.59. The molecule has 2 aliphatic rings. The number of aromatic nitrogens is 2. The molecular formula is C28H29N5O2S. The van der Waals surface area contributed by atoms with E-state index in [9.17, 15) is 8.42 Å². The first-order valence-corrected chi connectivity index (χ1v) is 14.0. The van der Waals surface area contributed by atoms with E-state index in [-0.39, 0.29) is 11.6 Å². The quantitative estimate of drug-likeness (QED) is 0.373. The molecule has 0 radical (unpaired) electrons. The lowest BCUT2D eigenvalue weighted by Crippen LogP contribution is -2.34. The first kappa shape index (κ1) is 22.9. The summed E-state index contributed by atoms with van der Waals surface area (Å²) >= 11 is 0. The third-order valence-electron chi connectivity index (χ3n) is 7.04. The first-order chi connectivity index (χ1) is 17.6. The molecule has 8 heteroatoms. The number of benzene rings is 3. The van der Waals surface area contributed by atoms with Crippen molar-refractivity contribution in [3.63, 3.8) is 0 Å². The van der Waals surface area contributed by atoms with Crippen molar-refractivity contribution in [2.45, 2.75) is 30.6 Å². The van der Waals surface area contributed by atoms with Crippen LogP contribution in [0.1, 0.15) is 24.8 Å². The Bertz CT molecular complexity index is 1470. The van der Waals surface area contributed by atoms with Crippen LogP contribution < -0.4 is 9.21 Å². The Morgan fingerprint density at radius 1 is 0.722 bits per heavy atom. The number of rotatable bonds is 6. The molecule has 0 bridgehead atoms. The summed E-state index contributed by atoms with van der Waals surface area (Å²) in [5, 5.41) is 0. The van der Waals surface area contributed by atoms with E-state index in [1.54, 1.807) is 24.3 Å². The number of piperidine rings is 1. The van der Waals surface area contributed by atoms with Crippen molar-refractivity contribution in [1.82, 2.24) is 14.9 Å². The van der Waals surface area contributed by atoms with Crippen molar-refractivity contribution in [2.75, 3.05) is 35.5 Å². The van der Waals surface area contributed by atoms with E-state index in [1.165, 1.54) is 42.2 Å². The van der Waals surface area contributed by atoms with E-state index in [0.29, 0.717) is 17.2 Å². The van der Waals surface area contributed by atoms with Crippen molar-refractivity contribution in [2.24, 2.45) is 0 Å². The van der Waals surface area contributed by atoms with Gasteiger partial charge in [0.2, 0.25) is 0 Å². The van der Waals surface area contributed by atoms with Crippen molar-refractivity contribution in [3.8, 4) is 0 Å². The second-order valence-electron chi connectivity index (χ2n) is 9.41. The molecule has 0 amide bonds. The molecule has 3 heterocycles. The highest BCUT2D eigenvalue weighted by atomic mass is 32.2. The SMILES string of the molecule is O=S(=O)(c1ccccc1)N1CN(c2ccc(CCN3CCCCC3)cc2)c2nc3ccccc3nc21. The number of nitrogens with zero attached hydrogens (tertiary/aromatic N) is 5. The Hall–Kier alpha value is -3.49. The second-order valence-corrected chi connectivity index (χ2v) is 11.3. The summed E-state index contributed by atoms with van der Waals surface area (Å²) in [5.41, 5.74) is 3.58. The fraction of sp³-hybridized carbons (Fsp3) is 0.286. The zero-order valence-electron chi connectivity index (χ0n) is 20.1. The van der Waals surface area contributed by atoms with Gasteiger partial charge in [0.15, 0.2) is 11.6 Å². The Morgan fingerprint density at radius 2 is 1.36 bits per heavy atom. The summed E-state index contributed by atoms with van der Waals surface area (Å²) < 4.78 is 28.6. The first-order valence-electron chi connectivity index (χ1n) is 12.5. The van der Waals surface area contributed by atoms with Crippen molar-refractivity contribution < 1.29 is 8.42 Å². The van der Waals surface area contributed by atoms with Crippen molar-refractivity contribution in [1.29, 1.82) is 0 Å². The smallest absolute Gasteiger partial charge is 0.267 e. The molecule has 4 aromatic rings. The number of hydrogen-bond donors (Lipinski definition) is 0. The molecule has 6 rings (SSSR count). The van der Waals surface area contributed by atoms with Crippen molar-refractivity contribution >= 4 is 38.4 Å². The molecule has 0 atom stereocenters. The van der Waals surface area contributed by atoms with Crippen LogP contribution in [0.3, 0.4) is 0 Å². The van der Waals surface area contributed by atoms with Crippen LogP contribution >= 0.6 is 0 Å². The highest BCUT2D eigenvalue weighted by Crippen LogP contribution is 2.41. The maximum absolute atomic E-state index is 13.6. The zero-order chi connectivity index (χ0) is 24.5. The molecule has 184 valence electrons. The summed E-state index contributed by atoms with van der Waals surface area (Å²) in [6, 6.07) is 24.5. The number of anilines is 3. The van der Waals surface area contributed by atoms with Gasteiger partial charge in [0.1, 0.15) is 6.67 Å². The number of likely N-dealkylation sites (tertiary alicyclic amines) is 1. The lowest BCUT2D eigenvalue weighted by atomic mass is 10.1. The second kappa shape index (κ2) is 9.52. The minimum atomic E-state index is -3.81. The Kier molecular flexibility index (Phi) is 6.07. The van der Waals surface area contributed by atoms with Crippen LogP contribution in [0.15, 0.2) is 83.8 Å². The molecule has 0 N–H and O–H groups in total. The molecule has 7 nitrogen and oxygen atoms in total. The molecule has 0 aliphatic carbocycles. The van der Waals surface area contributed by atoms with Crippen LogP contribution in [-0.4, -0.2) is 49.6 Å². The third kappa shape index (κ3) is 4.31. The van der Waals surface area contributed by atoms with Gasteiger partial charge < -0.3 is 9.80 Å². The average Bonchev–Trinajstić information content (AvgIpc) is 3.31. The number of sulfonamides is 1. The van der Waals surface area contributed by atoms with Gasteiger partial charge in [-0.2, -0.15) is 0 Å². The summed E-state index contributed by atoms with van der Waals surface area (Å²) in [5.74, 6) is 0.904. The summed E-state index contributed by atoms with van der Waals surface area (Å²) in [7, 11) is -3.81. The fourth-order valence-electron chi connectivity index (χ4n) is 5.02. The third-order valence-corrected chi connectivity index (χ3v) is 8.78. The highest BCUT2D eigenvalue weighted by molar-refractivity contribution is 7.92. The molecule has 0 saturated carbocycles.